The van der Waals surface area contributed by atoms with Crippen LogP contribution in [0, 0.1) is 27.7 Å². The number of rotatable bonds is 8. The number of aromatic amines is 2. The zero-order chi connectivity index (χ0) is 42.4. The summed E-state index contributed by atoms with van der Waals surface area (Å²) in [4.78, 5) is 34.6. The third-order valence-electron chi connectivity index (χ3n) is 9.91. The van der Waals surface area contributed by atoms with Crippen molar-refractivity contribution < 1.29 is 0 Å². The van der Waals surface area contributed by atoms with Gasteiger partial charge in [0.1, 0.15) is 22.8 Å². The van der Waals surface area contributed by atoms with Crippen LogP contribution in [0.4, 0.5) is 0 Å². The van der Waals surface area contributed by atoms with Crippen molar-refractivity contribution in [3.63, 3.8) is 0 Å². The van der Waals surface area contributed by atoms with E-state index in [-0.39, 0.29) is 0 Å². The fraction of sp³-hybridized carbons (Fsp3) is 0.0800. The predicted molar refractivity (Wildman–Crippen MR) is 242 cm³/mol. The number of nitrogens with zero attached hydrogens (tertiary/aromatic N) is 10. The van der Waals surface area contributed by atoms with Gasteiger partial charge in [0.25, 0.3) is 0 Å². The van der Waals surface area contributed by atoms with Crippen LogP contribution in [-0.4, -0.2) is 60.3 Å². The predicted octanol–water partition coefficient (Wildman–Crippen LogP) is 10.5. The van der Waals surface area contributed by atoms with Gasteiger partial charge in [-0.15, -0.1) is 20.4 Å². The topological polar surface area (TPSA) is 160 Å². The maximum absolute atomic E-state index is 4.86. The summed E-state index contributed by atoms with van der Waals surface area (Å²) in [6.07, 6.45) is 0. The van der Waals surface area contributed by atoms with Gasteiger partial charge in [-0.1, -0.05) is 36.4 Å². The van der Waals surface area contributed by atoms with E-state index >= 15 is 0 Å². The molecule has 10 aromatic rings. The molecule has 0 saturated heterocycles. The minimum absolute atomic E-state index is 0.678. The van der Waals surface area contributed by atoms with Crippen LogP contribution in [0.1, 0.15) is 22.8 Å². The molecule has 0 saturated carbocycles. The van der Waals surface area contributed by atoms with Gasteiger partial charge in [-0.3, -0.25) is 19.9 Å². The lowest BCUT2D eigenvalue weighted by atomic mass is 10.2. The monoisotopic (exact) mass is 808 g/mol. The molecule has 0 radical (unpaired) electrons. The van der Waals surface area contributed by atoms with Gasteiger partial charge >= 0.3 is 0 Å². The van der Waals surface area contributed by atoms with E-state index in [0.717, 1.165) is 91.1 Å². The van der Waals surface area contributed by atoms with E-state index in [1.165, 1.54) is 0 Å². The first-order valence-electron chi connectivity index (χ1n) is 20.1. The van der Waals surface area contributed by atoms with Gasteiger partial charge in [0.2, 0.25) is 0 Å². The summed E-state index contributed by atoms with van der Waals surface area (Å²) >= 11 is 0. The summed E-state index contributed by atoms with van der Waals surface area (Å²) in [5, 5.41) is 17.4. The van der Waals surface area contributed by atoms with Crippen LogP contribution in [0.25, 0.3) is 91.1 Å². The number of H-pyrrole nitrogens is 2. The Bertz CT molecular complexity index is 2930. The zero-order valence-electron chi connectivity index (χ0n) is 34.5. The Balaban J connectivity index is 0.000000158. The Hall–Kier alpha value is -8.38. The van der Waals surface area contributed by atoms with Crippen molar-refractivity contribution in [2.45, 2.75) is 27.7 Å². The summed E-state index contributed by atoms with van der Waals surface area (Å²) < 4.78 is 0. The highest BCUT2D eigenvalue weighted by Gasteiger charge is 2.12. The Labute approximate surface area is 358 Å². The summed E-state index contributed by atoms with van der Waals surface area (Å²) in [7, 11) is 0. The highest BCUT2D eigenvalue weighted by Crippen LogP contribution is 2.28. The van der Waals surface area contributed by atoms with Gasteiger partial charge in [0, 0.05) is 22.8 Å². The van der Waals surface area contributed by atoms with E-state index in [0.29, 0.717) is 22.8 Å². The molecule has 0 fully saturated rings. The number of pyridine rings is 6. The van der Waals surface area contributed by atoms with Crippen LogP contribution in [0.2, 0.25) is 0 Å². The van der Waals surface area contributed by atoms with Crippen LogP contribution < -0.4 is 0 Å². The van der Waals surface area contributed by atoms with Crippen molar-refractivity contribution in [1.82, 2.24) is 60.3 Å². The first-order chi connectivity index (χ1) is 30.3. The molecule has 0 aliphatic rings. The van der Waals surface area contributed by atoms with E-state index in [9.17, 15) is 0 Å². The lowest BCUT2D eigenvalue weighted by Crippen LogP contribution is -1.97. The molecule has 62 heavy (non-hydrogen) atoms. The molecule has 2 N–H and O–H groups in total. The van der Waals surface area contributed by atoms with E-state index in [1.807, 2.05) is 185 Å². The molecule has 10 aromatic heterocycles. The van der Waals surface area contributed by atoms with Crippen molar-refractivity contribution in [3.05, 3.63) is 181 Å². The highest BCUT2D eigenvalue weighted by molar-refractivity contribution is 5.69. The van der Waals surface area contributed by atoms with Crippen molar-refractivity contribution in [3.8, 4) is 91.1 Å². The molecule has 0 bridgehead atoms. The molecular weight excluding hydrogens is 769 g/mol. The molecule has 12 heteroatoms. The van der Waals surface area contributed by atoms with Gasteiger partial charge in [-0.25, -0.2) is 9.97 Å². The molecule has 0 aliphatic carbocycles. The standard InChI is InChI=1S/C25H19N7.C25H21N5/c1-16-6-3-8-18(26-16)22-12-14-24(31-29-22)20-10-5-11-21(28-20)25-15-13-23(30-32-25)19-9-4-7-17(2)27-19;1-16-6-3-8-18(26-16)22-12-14-24(29-22)20-10-5-11-21(28-20)25-15-13-23(30-25)19-9-4-7-17(2)27-19/h3-15H,1-2H3;3-15,29-30H,1-2H3. The third kappa shape index (κ3) is 8.94. The summed E-state index contributed by atoms with van der Waals surface area (Å²) in [6, 6.07) is 51.2. The van der Waals surface area contributed by atoms with E-state index < -0.39 is 0 Å². The van der Waals surface area contributed by atoms with Gasteiger partial charge in [0.15, 0.2) is 0 Å². The van der Waals surface area contributed by atoms with Crippen molar-refractivity contribution >= 4 is 0 Å². The molecule has 0 atom stereocenters. The minimum Gasteiger partial charge on any atom is -0.352 e. The number of aromatic nitrogens is 12. The summed E-state index contributed by atoms with van der Waals surface area (Å²) in [5.74, 6) is 0. The normalized spacial score (nSPS) is 10.9. The largest absolute Gasteiger partial charge is 0.352 e. The molecule has 0 unspecified atom stereocenters. The van der Waals surface area contributed by atoms with Crippen molar-refractivity contribution in [1.29, 1.82) is 0 Å². The van der Waals surface area contributed by atoms with E-state index in [4.69, 9.17) is 9.97 Å². The minimum atomic E-state index is 0.678. The Kier molecular flexibility index (Phi) is 11.0. The smallest absolute Gasteiger partial charge is 0.111 e. The molecule has 300 valence electrons. The molecule has 0 aliphatic heterocycles. The lowest BCUT2D eigenvalue weighted by molar-refractivity contribution is 1.01. The molecular formula is C50H40N12. The molecule has 10 heterocycles. The van der Waals surface area contributed by atoms with Crippen LogP contribution in [0.5, 0.6) is 0 Å². The Morgan fingerprint density at radius 2 is 0.452 bits per heavy atom. The Morgan fingerprint density at radius 1 is 0.226 bits per heavy atom. The fourth-order valence-corrected chi connectivity index (χ4v) is 6.81. The maximum atomic E-state index is 4.86. The second-order valence-corrected chi connectivity index (χ2v) is 14.7. The van der Waals surface area contributed by atoms with E-state index in [2.05, 4.69) is 50.3 Å². The van der Waals surface area contributed by atoms with Gasteiger partial charge in [-0.2, -0.15) is 0 Å². The Morgan fingerprint density at radius 3 is 0.742 bits per heavy atom. The first kappa shape index (κ1) is 39.1. The van der Waals surface area contributed by atoms with Crippen LogP contribution in [0.15, 0.2) is 158 Å². The van der Waals surface area contributed by atoms with Gasteiger partial charge in [-0.05, 0) is 149 Å². The van der Waals surface area contributed by atoms with Crippen molar-refractivity contribution in [2.75, 3.05) is 0 Å². The molecule has 0 spiro atoms. The average molecular weight is 809 g/mol. The van der Waals surface area contributed by atoms with Crippen LogP contribution in [-0.2, 0) is 0 Å². The maximum Gasteiger partial charge on any atom is 0.111 e. The number of hydrogen-bond acceptors (Lipinski definition) is 10. The lowest BCUT2D eigenvalue weighted by Gasteiger charge is -2.05. The summed E-state index contributed by atoms with van der Waals surface area (Å²) in [5.41, 5.74) is 17.2. The zero-order valence-corrected chi connectivity index (χ0v) is 34.5. The SMILES string of the molecule is Cc1cccc(-c2ccc(-c3cccc(-c4ccc(-c5cccc(C)n5)[nH]4)n3)[nH]2)n1.Cc1cccc(-c2ccc(-c3cccc(-c4ccc(-c5cccc(C)n5)nn4)n3)nn2)n1. The van der Waals surface area contributed by atoms with E-state index in [1.54, 1.807) is 0 Å². The second-order valence-electron chi connectivity index (χ2n) is 14.7. The first-order valence-corrected chi connectivity index (χ1v) is 20.1. The highest BCUT2D eigenvalue weighted by atomic mass is 15.1. The third-order valence-corrected chi connectivity index (χ3v) is 9.91. The van der Waals surface area contributed by atoms with Crippen molar-refractivity contribution in [2.24, 2.45) is 0 Å². The summed E-state index contributed by atoms with van der Waals surface area (Å²) in [6.45, 7) is 7.89. The van der Waals surface area contributed by atoms with Gasteiger partial charge in [0.05, 0.1) is 68.3 Å². The fourth-order valence-electron chi connectivity index (χ4n) is 6.81. The quantitative estimate of drug-likeness (QED) is 0.151. The van der Waals surface area contributed by atoms with Crippen LogP contribution in [0.3, 0.4) is 0 Å². The molecule has 10 rings (SSSR count). The van der Waals surface area contributed by atoms with Gasteiger partial charge < -0.3 is 9.97 Å². The molecule has 12 nitrogen and oxygen atoms in total. The number of hydrogen-bond donors (Lipinski definition) is 2. The molecule has 0 amide bonds. The van der Waals surface area contributed by atoms with Crippen LogP contribution >= 0.6 is 0 Å². The average Bonchev–Trinajstić information content (AvgIpc) is 4.02. The second kappa shape index (κ2) is 17.5. The molecule has 0 aromatic carbocycles. The number of aryl methyl sites for hydroxylation is 4. The number of nitrogens with one attached hydrogen (secondary N) is 2.